The molecule has 0 saturated carbocycles. The Morgan fingerprint density at radius 1 is 1.06 bits per heavy atom. The predicted octanol–water partition coefficient (Wildman–Crippen LogP) is 4.66. The van der Waals surface area contributed by atoms with E-state index in [9.17, 15) is 24.8 Å². The van der Waals surface area contributed by atoms with Gasteiger partial charge in [0.15, 0.2) is 0 Å². The van der Waals surface area contributed by atoms with Crippen molar-refractivity contribution in [1.29, 1.82) is 0 Å². The second-order valence-electron chi connectivity index (χ2n) is 8.32. The average Bonchev–Trinajstić information content (AvgIpc) is 2.87. The van der Waals surface area contributed by atoms with Crippen molar-refractivity contribution in [3.05, 3.63) is 87.1 Å². The van der Waals surface area contributed by atoms with Crippen molar-refractivity contribution in [2.45, 2.75) is 45.6 Å². The summed E-state index contributed by atoms with van der Waals surface area (Å²) in [7, 11) is 0. The van der Waals surface area contributed by atoms with E-state index in [1.54, 1.807) is 39.0 Å². The van der Waals surface area contributed by atoms with E-state index in [0.717, 1.165) is 0 Å². The second-order valence-corrected chi connectivity index (χ2v) is 8.32. The third-order valence-electron chi connectivity index (χ3n) is 6.06. The lowest BCUT2D eigenvalue weighted by Gasteiger charge is -2.32. The molecule has 3 atom stereocenters. The molecule has 9 nitrogen and oxygen atoms in total. The van der Waals surface area contributed by atoms with Crippen LogP contribution in [0.5, 0.6) is 0 Å². The Bertz CT molecular complexity index is 1170. The van der Waals surface area contributed by atoms with Crippen molar-refractivity contribution in [2.75, 3.05) is 13.2 Å². The smallest absolute Gasteiger partial charge is 0.336 e. The van der Waals surface area contributed by atoms with Gasteiger partial charge in [0.25, 0.3) is 5.69 Å². The third kappa shape index (κ3) is 5.85. The summed E-state index contributed by atoms with van der Waals surface area (Å²) in [5, 5.41) is 22.6. The highest BCUT2D eigenvalue weighted by Crippen LogP contribution is 2.44. The van der Waals surface area contributed by atoms with Crippen LogP contribution in [0.4, 0.5) is 5.69 Å². The number of carbonyl (C=O) groups excluding carboxylic acids is 2. The van der Waals surface area contributed by atoms with Crippen LogP contribution in [0.3, 0.4) is 0 Å². The van der Waals surface area contributed by atoms with Gasteiger partial charge in [-0.1, -0.05) is 48.5 Å². The molecule has 3 rings (SSSR count). The lowest BCUT2D eigenvalue weighted by molar-refractivity contribution is -0.385. The van der Waals surface area contributed by atoms with Crippen LogP contribution in [0.25, 0.3) is 0 Å². The molecule has 0 saturated heterocycles. The zero-order chi connectivity index (χ0) is 26.2. The molecule has 0 spiro atoms. The normalized spacial score (nSPS) is 18.3. The number of carbonyl (C=O) groups is 2. The van der Waals surface area contributed by atoms with Gasteiger partial charge in [0.1, 0.15) is 5.92 Å². The van der Waals surface area contributed by atoms with Crippen molar-refractivity contribution in [3.63, 3.8) is 0 Å². The van der Waals surface area contributed by atoms with Crippen LogP contribution >= 0.6 is 0 Å². The maximum atomic E-state index is 13.3. The Morgan fingerprint density at radius 2 is 1.69 bits per heavy atom. The van der Waals surface area contributed by atoms with E-state index in [2.05, 4.69) is 4.99 Å². The number of esters is 2. The number of rotatable bonds is 10. The van der Waals surface area contributed by atoms with Crippen LogP contribution < -0.4 is 0 Å². The van der Waals surface area contributed by atoms with Crippen molar-refractivity contribution in [2.24, 2.45) is 10.9 Å². The van der Waals surface area contributed by atoms with E-state index in [4.69, 9.17) is 9.47 Å². The number of aliphatic hydroxyl groups is 1. The fourth-order valence-corrected chi connectivity index (χ4v) is 4.48. The molecule has 36 heavy (non-hydrogen) atoms. The number of nitro benzene ring substituents is 1. The monoisotopic (exact) mass is 494 g/mol. The Kier molecular flexibility index (Phi) is 9.08. The van der Waals surface area contributed by atoms with Gasteiger partial charge in [0.2, 0.25) is 0 Å². The molecule has 2 aromatic carbocycles. The summed E-state index contributed by atoms with van der Waals surface area (Å²) in [5.74, 6) is -3.43. The molecule has 0 bridgehead atoms. The maximum Gasteiger partial charge on any atom is 0.336 e. The highest BCUT2D eigenvalue weighted by molar-refractivity contribution is 6.07. The molecule has 0 amide bonds. The lowest BCUT2D eigenvalue weighted by Crippen LogP contribution is -2.37. The topological polar surface area (TPSA) is 128 Å². The van der Waals surface area contributed by atoms with Crippen LogP contribution in [-0.2, 0) is 19.1 Å². The molecule has 9 heteroatoms. The molecule has 1 N–H and O–H groups in total. The summed E-state index contributed by atoms with van der Waals surface area (Å²) in [6.07, 6.45) is -0.383. The van der Waals surface area contributed by atoms with Gasteiger partial charge >= 0.3 is 11.9 Å². The van der Waals surface area contributed by atoms with Gasteiger partial charge in [-0.05, 0) is 39.2 Å². The first kappa shape index (κ1) is 26.7. The minimum atomic E-state index is -1.05. The molecular formula is C27H30N2O7. The van der Waals surface area contributed by atoms with Crippen molar-refractivity contribution < 1.29 is 29.1 Å². The number of ether oxygens (including phenoxy) is 2. The minimum absolute atomic E-state index is 0.0649. The summed E-state index contributed by atoms with van der Waals surface area (Å²) < 4.78 is 10.6. The molecule has 0 aromatic heterocycles. The third-order valence-corrected chi connectivity index (χ3v) is 6.06. The molecule has 2 aromatic rings. The zero-order valence-electron chi connectivity index (χ0n) is 20.5. The SMILES string of the molecule is CCOC(=O)C1=C(CCC(O)c2ccccc2)N=C(C)C(C(=O)OCC)C1c1ccccc1[N+](=O)[O-]. The average molecular weight is 495 g/mol. The Hall–Kier alpha value is -3.85. The molecule has 0 fully saturated rings. The molecule has 1 aliphatic rings. The predicted molar refractivity (Wildman–Crippen MR) is 133 cm³/mol. The van der Waals surface area contributed by atoms with Crippen LogP contribution in [-0.4, -0.2) is 40.9 Å². The van der Waals surface area contributed by atoms with Crippen molar-refractivity contribution in [1.82, 2.24) is 0 Å². The van der Waals surface area contributed by atoms with Gasteiger partial charge in [-0.25, -0.2) is 4.79 Å². The molecule has 1 heterocycles. The van der Waals surface area contributed by atoms with Gasteiger partial charge in [0, 0.05) is 23.3 Å². The Morgan fingerprint density at radius 3 is 2.33 bits per heavy atom. The van der Waals surface area contributed by atoms with Gasteiger partial charge in [-0.15, -0.1) is 0 Å². The van der Waals surface area contributed by atoms with Gasteiger partial charge in [-0.3, -0.25) is 19.9 Å². The zero-order valence-corrected chi connectivity index (χ0v) is 20.5. The van der Waals surface area contributed by atoms with Gasteiger partial charge in [0.05, 0.1) is 35.5 Å². The van der Waals surface area contributed by atoms with E-state index in [0.29, 0.717) is 17.0 Å². The summed E-state index contributed by atoms with van der Waals surface area (Å²) in [4.78, 5) is 42.3. The number of nitrogens with zero attached hydrogens (tertiary/aromatic N) is 2. The van der Waals surface area contributed by atoms with Crippen LogP contribution in [0.15, 0.2) is 70.9 Å². The number of allylic oxidation sites excluding steroid dienone is 1. The largest absolute Gasteiger partial charge is 0.465 e. The van der Waals surface area contributed by atoms with Gasteiger partial charge < -0.3 is 14.6 Å². The summed E-state index contributed by atoms with van der Waals surface area (Å²) in [6, 6.07) is 15.1. The van der Waals surface area contributed by atoms with E-state index in [-0.39, 0.29) is 42.9 Å². The number of hydrogen-bond donors (Lipinski definition) is 1. The Labute approximate surface area is 209 Å². The van der Waals surface area contributed by atoms with Crippen LogP contribution in [0.1, 0.15) is 56.8 Å². The molecule has 0 radical (unpaired) electrons. The number of hydrogen-bond acceptors (Lipinski definition) is 8. The number of nitro groups is 1. The fraction of sp³-hybridized carbons (Fsp3) is 0.370. The second kappa shape index (κ2) is 12.2. The van der Waals surface area contributed by atoms with Gasteiger partial charge in [-0.2, -0.15) is 0 Å². The maximum absolute atomic E-state index is 13.3. The quantitative estimate of drug-likeness (QED) is 0.289. The first-order valence-electron chi connectivity index (χ1n) is 11.9. The van der Waals surface area contributed by atoms with Crippen LogP contribution in [0.2, 0.25) is 0 Å². The number of para-hydroxylation sites is 1. The number of aliphatic hydroxyl groups excluding tert-OH is 1. The molecule has 0 aliphatic carbocycles. The van der Waals surface area contributed by atoms with Crippen molar-refractivity contribution >= 4 is 23.3 Å². The summed E-state index contributed by atoms with van der Waals surface area (Å²) >= 11 is 0. The van der Waals surface area contributed by atoms with E-state index < -0.39 is 34.8 Å². The molecule has 190 valence electrons. The highest BCUT2D eigenvalue weighted by Gasteiger charge is 2.45. The first-order valence-corrected chi connectivity index (χ1v) is 11.9. The molecule has 3 unspecified atom stereocenters. The Balaban J connectivity index is 2.16. The molecular weight excluding hydrogens is 464 g/mol. The van der Waals surface area contributed by atoms with E-state index in [1.165, 1.54) is 18.2 Å². The van der Waals surface area contributed by atoms with Crippen molar-refractivity contribution in [3.8, 4) is 0 Å². The lowest BCUT2D eigenvalue weighted by atomic mass is 9.74. The number of benzene rings is 2. The van der Waals surface area contributed by atoms with E-state index in [1.807, 2.05) is 18.2 Å². The standard InChI is InChI=1S/C27H30N2O7/c1-4-35-26(31)23-17(3)28-20(15-16-22(30)18-11-7-6-8-12-18)25(27(32)36-5-2)24(23)19-13-9-10-14-21(19)29(33)34/h6-14,22-24,30H,4-5,15-16H2,1-3H3. The number of aliphatic imine (C=N–C) groups is 1. The van der Waals surface area contributed by atoms with Crippen LogP contribution in [0, 0.1) is 16.0 Å². The highest BCUT2D eigenvalue weighted by atomic mass is 16.6. The summed E-state index contributed by atoms with van der Waals surface area (Å²) in [6.45, 7) is 5.11. The molecule has 1 aliphatic heterocycles. The van der Waals surface area contributed by atoms with E-state index >= 15 is 0 Å². The first-order chi connectivity index (χ1) is 17.3. The fourth-order valence-electron chi connectivity index (χ4n) is 4.48. The minimum Gasteiger partial charge on any atom is -0.465 e. The summed E-state index contributed by atoms with van der Waals surface area (Å²) in [5.41, 5.74) is 1.44.